The molecular formula is C14H28N4O2S. The maximum atomic E-state index is 11.4. The normalized spacial score (nSPS) is 24.1. The van der Waals surface area contributed by atoms with E-state index >= 15 is 0 Å². The van der Waals surface area contributed by atoms with Gasteiger partial charge in [0.05, 0.1) is 18.1 Å². The molecule has 21 heavy (non-hydrogen) atoms. The van der Waals surface area contributed by atoms with Crippen molar-refractivity contribution in [2.75, 3.05) is 44.2 Å². The van der Waals surface area contributed by atoms with Crippen LogP contribution in [0.1, 0.15) is 32.6 Å². The minimum Gasteiger partial charge on any atom is -0.357 e. The fourth-order valence-electron chi connectivity index (χ4n) is 2.86. The van der Waals surface area contributed by atoms with Gasteiger partial charge < -0.3 is 10.6 Å². The summed E-state index contributed by atoms with van der Waals surface area (Å²) in [7, 11) is -2.78. The fraction of sp³-hybridized carbons (Fsp3) is 0.929. The smallest absolute Gasteiger partial charge is 0.191 e. The van der Waals surface area contributed by atoms with E-state index in [0.717, 1.165) is 19.0 Å². The molecule has 2 N–H and O–H groups in total. The number of guanidine groups is 1. The summed E-state index contributed by atoms with van der Waals surface area (Å²) in [5.41, 5.74) is 0. The lowest BCUT2D eigenvalue weighted by Crippen LogP contribution is -2.44. The predicted octanol–water partition coefficient (Wildman–Crippen LogP) is 0.215. The molecule has 0 aromatic carbocycles. The second-order valence-electron chi connectivity index (χ2n) is 5.88. The molecular weight excluding hydrogens is 288 g/mol. The number of aliphatic imine (C=N–C) groups is 1. The highest BCUT2D eigenvalue weighted by Gasteiger charge is 2.21. The van der Waals surface area contributed by atoms with Crippen molar-refractivity contribution in [3.05, 3.63) is 0 Å². The van der Waals surface area contributed by atoms with Gasteiger partial charge in [0.2, 0.25) is 0 Å². The topological polar surface area (TPSA) is 73.8 Å². The van der Waals surface area contributed by atoms with Gasteiger partial charge in [0, 0.05) is 32.2 Å². The van der Waals surface area contributed by atoms with Gasteiger partial charge in [-0.3, -0.25) is 9.89 Å². The van der Waals surface area contributed by atoms with Crippen LogP contribution in [0.15, 0.2) is 4.99 Å². The number of nitrogens with zero attached hydrogens (tertiary/aromatic N) is 2. The Hall–Kier alpha value is -0.820. The molecule has 1 saturated heterocycles. The molecule has 0 bridgehead atoms. The third kappa shape index (κ3) is 5.82. The molecule has 0 aromatic heterocycles. The van der Waals surface area contributed by atoms with Gasteiger partial charge in [0.1, 0.15) is 0 Å². The molecule has 0 spiro atoms. The highest BCUT2D eigenvalue weighted by molar-refractivity contribution is 7.91. The van der Waals surface area contributed by atoms with Gasteiger partial charge in [0.15, 0.2) is 15.8 Å². The van der Waals surface area contributed by atoms with Crippen molar-refractivity contribution in [2.45, 2.75) is 38.6 Å². The van der Waals surface area contributed by atoms with Gasteiger partial charge in [-0.2, -0.15) is 0 Å². The first-order valence-electron chi connectivity index (χ1n) is 8.07. The van der Waals surface area contributed by atoms with Gasteiger partial charge in [-0.05, 0) is 19.8 Å². The van der Waals surface area contributed by atoms with Gasteiger partial charge >= 0.3 is 0 Å². The van der Waals surface area contributed by atoms with E-state index < -0.39 is 9.84 Å². The van der Waals surface area contributed by atoms with Crippen molar-refractivity contribution in [3.8, 4) is 0 Å². The molecule has 1 aliphatic heterocycles. The zero-order valence-electron chi connectivity index (χ0n) is 13.0. The molecule has 0 atom stereocenters. The molecule has 1 saturated carbocycles. The largest absolute Gasteiger partial charge is 0.357 e. The van der Waals surface area contributed by atoms with Crippen LogP contribution in [0.4, 0.5) is 0 Å². The van der Waals surface area contributed by atoms with Crippen molar-refractivity contribution in [1.29, 1.82) is 0 Å². The summed E-state index contributed by atoms with van der Waals surface area (Å²) < 4.78 is 22.8. The Kier molecular flexibility index (Phi) is 6.29. The molecule has 2 rings (SSSR count). The molecule has 2 fully saturated rings. The fourth-order valence-corrected chi connectivity index (χ4v) is 4.14. The zero-order chi connectivity index (χ0) is 15.1. The molecule has 0 aromatic rings. The Morgan fingerprint density at radius 3 is 2.52 bits per heavy atom. The van der Waals surface area contributed by atoms with E-state index in [4.69, 9.17) is 0 Å². The van der Waals surface area contributed by atoms with Crippen LogP contribution in [-0.2, 0) is 9.84 Å². The van der Waals surface area contributed by atoms with Crippen LogP contribution < -0.4 is 10.6 Å². The summed E-state index contributed by atoms with van der Waals surface area (Å²) in [6.45, 7) is 5.76. The van der Waals surface area contributed by atoms with Crippen LogP contribution in [0.2, 0.25) is 0 Å². The SMILES string of the molecule is CCNC(=NCCN1CCS(=O)(=O)CC1)NC1CCCC1. The van der Waals surface area contributed by atoms with E-state index in [-0.39, 0.29) is 11.5 Å². The Labute approximate surface area is 128 Å². The van der Waals surface area contributed by atoms with Gasteiger partial charge in [-0.25, -0.2) is 8.42 Å². The van der Waals surface area contributed by atoms with Crippen molar-refractivity contribution in [3.63, 3.8) is 0 Å². The second-order valence-corrected chi connectivity index (χ2v) is 8.18. The summed E-state index contributed by atoms with van der Waals surface area (Å²) in [6.07, 6.45) is 5.07. The number of nitrogens with one attached hydrogen (secondary N) is 2. The van der Waals surface area contributed by atoms with E-state index in [1.807, 2.05) is 0 Å². The molecule has 1 heterocycles. The quantitative estimate of drug-likeness (QED) is 0.560. The average Bonchev–Trinajstić information content (AvgIpc) is 2.94. The van der Waals surface area contributed by atoms with E-state index in [9.17, 15) is 8.42 Å². The number of hydrogen-bond donors (Lipinski definition) is 2. The summed E-state index contributed by atoms with van der Waals surface area (Å²) in [4.78, 5) is 6.79. The highest BCUT2D eigenvalue weighted by atomic mass is 32.2. The summed E-state index contributed by atoms with van der Waals surface area (Å²) in [5, 5.41) is 6.78. The van der Waals surface area contributed by atoms with E-state index in [1.165, 1.54) is 25.7 Å². The van der Waals surface area contributed by atoms with Crippen LogP contribution in [0, 0.1) is 0 Å². The Morgan fingerprint density at radius 1 is 1.24 bits per heavy atom. The Morgan fingerprint density at radius 2 is 1.90 bits per heavy atom. The molecule has 0 unspecified atom stereocenters. The summed E-state index contributed by atoms with van der Waals surface area (Å²) in [6, 6.07) is 0.558. The standard InChI is InChI=1S/C14H28N4O2S/c1-2-15-14(17-13-5-3-4-6-13)16-7-8-18-9-11-21(19,20)12-10-18/h13H,2-12H2,1H3,(H2,15,16,17). The molecule has 0 amide bonds. The second kappa shape index (κ2) is 7.98. The first kappa shape index (κ1) is 16.5. The minimum atomic E-state index is -2.78. The van der Waals surface area contributed by atoms with E-state index in [1.54, 1.807) is 0 Å². The summed E-state index contributed by atoms with van der Waals surface area (Å²) >= 11 is 0. The Balaban J connectivity index is 1.74. The first-order valence-corrected chi connectivity index (χ1v) is 9.89. The van der Waals surface area contributed by atoms with E-state index in [2.05, 4.69) is 27.4 Å². The van der Waals surface area contributed by atoms with E-state index in [0.29, 0.717) is 25.7 Å². The minimum absolute atomic E-state index is 0.289. The lowest BCUT2D eigenvalue weighted by molar-refractivity contribution is 0.304. The maximum absolute atomic E-state index is 11.4. The average molecular weight is 316 g/mol. The third-order valence-corrected chi connectivity index (χ3v) is 5.77. The molecule has 7 heteroatoms. The van der Waals surface area contributed by atoms with Crippen LogP contribution in [-0.4, -0.2) is 69.5 Å². The molecule has 122 valence electrons. The molecule has 6 nitrogen and oxygen atoms in total. The molecule has 2 aliphatic rings. The molecule has 0 radical (unpaired) electrons. The van der Waals surface area contributed by atoms with Crippen LogP contribution in [0.3, 0.4) is 0 Å². The number of hydrogen-bond acceptors (Lipinski definition) is 4. The zero-order valence-corrected chi connectivity index (χ0v) is 13.8. The summed E-state index contributed by atoms with van der Waals surface area (Å²) in [5.74, 6) is 1.47. The Bertz CT molecular complexity index is 430. The van der Waals surface area contributed by atoms with Crippen LogP contribution in [0.25, 0.3) is 0 Å². The predicted molar refractivity (Wildman–Crippen MR) is 86.5 cm³/mol. The molecule has 1 aliphatic carbocycles. The van der Waals surface area contributed by atoms with Crippen molar-refractivity contribution >= 4 is 15.8 Å². The maximum Gasteiger partial charge on any atom is 0.191 e. The van der Waals surface area contributed by atoms with Gasteiger partial charge in [-0.15, -0.1) is 0 Å². The highest BCUT2D eigenvalue weighted by Crippen LogP contribution is 2.17. The number of rotatable bonds is 5. The van der Waals surface area contributed by atoms with Crippen molar-refractivity contribution in [2.24, 2.45) is 4.99 Å². The monoisotopic (exact) mass is 316 g/mol. The lowest BCUT2D eigenvalue weighted by atomic mass is 10.2. The third-order valence-electron chi connectivity index (χ3n) is 4.16. The van der Waals surface area contributed by atoms with Crippen LogP contribution >= 0.6 is 0 Å². The van der Waals surface area contributed by atoms with Gasteiger partial charge in [0.25, 0.3) is 0 Å². The van der Waals surface area contributed by atoms with Crippen molar-refractivity contribution in [1.82, 2.24) is 15.5 Å². The van der Waals surface area contributed by atoms with Gasteiger partial charge in [-0.1, -0.05) is 12.8 Å². The van der Waals surface area contributed by atoms with Crippen molar-refractivity contribution < 1.29 is 8.42 Å². The van der Waals surface area contributed by atoms with Crippen LogP contribution in [0.5, 0.6) is 0 Å². The number of sulfone groups is 1. The lowest BCUT2D eigenvalue weighted by Gasteiger charge is -2.25. The first-order chi connectivity index (χ1) is 10.1.